The number of nitrogens with zero attached hydrogens (tertiary/aromatic N) is 1. The topological polar surface area (TPSA) is 58.6 Å². The van der Waals surface area contributed by atoms with E-state index in [9.17, 15) is 9.59 Å². The second-order valence-corrected chi connectivity index (χ2v) is 6.77. The number of rotatable bonds is 5. The third-order valence-corrected chi connectivity index (χ3v) is 5.00. The van der Waals surface area contributed by atoms with Gasteiger partial charge in [0, 0.05) is 18.0 Å². The molecule has 0 saturated carbocycles. The summed E-state index contributed by atoms with van der Waals surface area (Å²) in [5.41, 5.74) is 1.21. The van der Waals surface area contributed by atoms with Crippen LogP contribution in [0.1, 0.15) is 17.4 Å². The highest BCUT2D eigenvalue weighted by Crippen LogP contribution is 2.24. The highest BCUT2D eigenvalue weighted by Gasteiger charge is 2.26. The van der Waals surface area contributed by atoms with Gasteiger partial charge in [-0.3, -0.25) is 9.59 Å². The van der Waals surface area contributed by atoms with Crippen molar-refractivity contribution in [2.75, 3.05) is 13.2 Å². The molecule has 1 unspecified atom stereocenters. The monoisotopic (exact) mass is 344 g/mol. The summed E-state index contributed by atoms with van der Waals surface area (Å²) >= 11 is 1.74. The molecular weight excluding hydrogens is 324 g/mol. The largest absolute Gasteiger partial charge is 0.484 e. The molecule has 1 aromatic heterocycles. The zero-order valence-corrected chi connectivity index (χ0v) is 14.3. The van der Waals surface area contributed by atoms with E-state index >= 15 is 0 Å². The third kappa shape index (κ3) is 3.94. The number of carbonyl (C=O) groups excluding carboxylic acids is 2. The Balaban J connectivity index is 1.48. The average molecular weight is 344 g/mol. The summed E-state index contributed by atoms with van der Waals surface area (Å²) in [5, 5.41) is 4.77. The lowest BCUT2D eigenvalue weighted by Crippen LogP contribution is -2.49. The van der Waals surface area contributed by atoms with Crippen LogP contribution >= 0.6 is 11.3 Å². The number of nitrogens with one attached hydrogen (secondary N) is 1. The van der Waals surface area contributed by atoms with Crippen molar-refractivity contribution >= 4 is 23.2 Å². The summed E-state index contributed by atoms with van der Waals surface area (Å²) in [4.78, 5) is 27.6. The maximum absolute atomic E-state index is 12.5. The second-order valence-electron chi connectivity index (χ2n) is 5.77. The van der Waals surface area contributed by atoms with Crippen LogP contribution in [0.5, 0.6) is 5.75 Å². The molecule has 2 amide bonds. The maximum Gasteiger partial charge on any atom is 0.258 e. The van der Waals surface area contributed by atoms with Crippen LogP contribution < -0.4 is 10.1 Å². The van der Waals surface area contributed by atoms with Crippen molar-refractivity contribution in [1.29, 1.82) is 0 Å². The molecule has 5 nitrogen and oxygen atoms in total. The minimum atomic E-state index is -0.558. The fraction of sp³-hybridized carbons (Fsp3) is 0.333. The van der Waals surface area contributed by atoms with E-state index in [0.717, 1.165) is 6.42 Å². The zero-order chi connectivity index (χ0) is 16.9. The summed E-state index contributed by atoms with van der Waals surface area (Å²) in [5.74, 6) is 0.278. The smallest absolute Gasteiger partial charge is 0.258 e. The molecule has 1 aliphatic heterocycles. The van der Waals surface area contributed by atoms with Gasteiger partial charge in [0.25, 0.3) is 5.91 Å². The lowest BCUT2D eigenvalue weighted by Gasteiger charge is -2.29. The maximum atomic E-state index is 12.5. The molecule has 1 atom stereocenters. The van der Waals surface area contributed by atoms with Crippen molar-refractivity contribution in [2.45, 2.75) is 25.9 Å². The first-order valence-corrected chi connectivity index (χ1v) is 8.82. The summed E-state index contributed by atoms with van der Waals surface area (Å²) in [6, 6.07) is 10.6. The number of ether oxygens (including phenoxy) is 1. The van der Waals surface area contributed by atoms with Gasteiger partial charge in [0.15, 0.2) is 6.61 Å². The Morgan fingerprint density at radius 3 is 2.88 bits per heavy atom. The first-order valence-electron chi connectivity index (χ1n) is 7.94. The van der Waals surface area contributed by atoms with Crippen molar-refractivity contribution in [2.24, 2.45) is 0 Å². The van der Waals surface area contributed by atoms with Crippen LogP contribution in [-0.4, -0.2) is 35.9 Å². The summed E-state index contributed by atoms with van der Waals surface area (Å²) in [7, 11) is 0. The summed E-state index contributed by atoms with van der Waals surface area (Å²) in [6.45, 7) is 2.94. The fourth-order valence-electron chi connectivity index (χ4n) is 2.72. The highest BCUT2D eigenvalue weighted by atomic mass is 32.1. The van der Waals surface area contributed by atoms with Crippen LogP contribution in [0.2, 0.25) is 0 Å². The quantitative estimate of drug-likeness (QED) is 0.905. The Bertz CT molecular complexity index is 714. The van der Waals surface area contributed by atoms with Gasteiger partial charge in [0.1, 0.15) is 11.8 Å². The SMILES string of the molecule is CC(NC(=O)COc1ccccc1)C(=O)N1CCc2sccc2C1. The van der Waals surface area contributed by atoms with Gasteiger partial charge in [-0.15, -0.1) is 11.3 Å². The zero-order valence-electron chi connectivity index (χ0n) is 13.5. The van der Waals surface area contributed by atoms with Gasteiger partial charge < -0.3 is 15.0 Å². The van der Waals surface area contributed by atoms with E-state index in [4.69, 9.17) is 4.74 Å². The van der Waals surface area contributed by atoms with Gasteiger partial charge in [0.05, 0.1) is 0 Å². The molecule has 1 N–H and O–H groups in total. The second kappa shape index (κ2) is 7.49. The molecule has 0 aliphatic carbocycles. The van der Waals surface area contributed by atoms with Crippen LogP contribution in [0.15, 0.2) is 41.8 Å². The first kappa shape index (κ1) is 16.5. The lowest BCUT2D eigenvalue weighted by molar-refractivity contribution is -0.137. The number of fused-ring (bicyclic) bond motifs is 1. The fourth-order valence-corrected chi connectivity index (χ4v) is 3.61. The van der Waals surface area contributed by atoms with Gasteiger partial charge >= 0.3 is 0 Å². The number of thiophene rings is 1. The van der Waals surface area contributed by atoms with E-state index in [1.54, 1.807) is 35.3 Å². The Morgan fingerprint density at radius 2 is 2.08 bits per heavy atom. The summed E-state index contributed by atoms with van der Waals surface area (Å²) in [6.07, 6.45) is 0.885. The van der Waals surface area contributed by atoms with Crippen LogP contribution in [-0.2, 0) is 22.6 Å². The van der Waals surface area contributed by atoms with Crippen LogP contribution in [0.4, 0.5) is 0 Å². The lowest BCUT2D eigenvalue weighted by atomic mass is 10.1. The number of hydrogen-bond acceptors (Lipinski definition) is 4. The average Bonchev–Trinajstić information content (AvgIpc) is 3.07. The van der Waals surface area contributed by atoms with Crippen molar-refractivity contribution in [3.63, 3.8) is 0 Å². The van der Waals surface area contributed by atoms with E-state index in [2.05, 4.69) is 16.8 Å². The van der Waals surface area contributed by atoms with E-state index in [-0.39, 0.29) is 18.4 Å². The highest BCUT2D eigenvalue weighted by molar-refractivity contribution is 7.10. The summed E-state index contributed by atoms with van der Waals surface area (Å²) < 4.78 is 5.39. The van der Waals surface area contributed by atoms with Gasteiger partial charge in [-0.25, -0.2) is 0 Å². The molecule has 0 saturated heterocycles. The van der Waals surface area contributed by atoms with Crippen molar-refractivity contribution in [3.05, 3.63) is 52.2 Å². The number of para-hydroxylation sites is 1. The Labute approximate surface area is 145 Å². The molecule has 3 rings (SSSR count). The van der Waals surface area contributed by atoms with Crippen molar-refractivity contribution < 1.29 is 14.3 Å². The first-order chi connectivity index (χ1) is 11.6. The minimum absolute atomic E-state index is 0.0556. The molecule has 24 heavy (non-hydrogen) atoms. The molecule has 1 aromatic carbocycles. The molecule has 0 fully saturated rings. The van der Waals surface area contributed by atoms with E-state index in [1.807, 2.05) is 18.2 Å². The predicted octanol–water partition coefficient (Wildman–Crippen LogP) is 2.22. The van der Waals surface area contributed by atoms with Gasteiger partial charge in [0.2, 0.25) is 5.91 Å². The number of amides is 2. The normalized spacial score (nSPS) is 14.6. The van der Waals surface area contributed by atoms with Crippen LogP contribution in [0.25, 0.3) is 0 Å². The number of carbonyl (C=O) groups is 2. The predicted molar refractivity (Wildman–Crippen MR) is 93.0 cm³/mol. The molecule has 2 aromatic rings. The molecule has 2 heterocycles. The molecule has 6 heteroatoms. The number of hydrogen-bond donors (Lipinski definition) is 1. The molecule has 0 bridgehead atoms. The van der Waals surface area contributed by atoms with Gasteiger partial charge in [-0.05, 0) is 42.5 Å². The van der Waals surface area contributed by atoms with Crippen molar-refractivity contribution in [1.82, 2.24) is 10.2 Å². The molecule has 0 radical (unpaired) electrons. The molecule has 0 spiro atoms. The third-order valence-electron chi connectivity index (χ3n) is 3.98. The van der Waals surface area contributed by atoms with Crippen LogP contribution in [0, 0.1) is 0 Å². The molecule has 1 aliphatic rings. The van der Waals surface area contributed by atoms with Crippen molar-refractivity contribution in [3.8, 4) is 5.75 Å². The Hall–Kier alpha value is -2.34. The van der Waals surface area contributed by atoms with Gasteiger partial charge in [-0.1, -0.05) is 18.2 Å². The van der Waals surface area contributed by atoms with E-state index in [1.165, 1.54) is 10.4 Å². The minimum Gasteiger partial charge on any atom is -0.484 e. The number of benzene rings is 1. The standard InChI is InChI=1S/C18H20N2O3S/c1-13(19-17(21)12-23-15-5-3-2-4-6-15)18(22)20-9-7-16-14(11-20)8-10-24-16/h2-6,8,10,13H,7,9,11-12H2,1H3,(H,19,21). The Kier molecular flexibility index (Phi) is 5.15. The Morgan fingerprint density at radius 1 is 1.29 bits per heavy atom. The van der Waals surface area contributed by atoms with Gasteiger partial charge in [-0.2, -0.15) is 0 Å². The van der Waals surface area contributed by atoms with Crippen LogP contribution in [0.3, 0.4) is 0 Å². The van der Waals surface area contributed by atoms with E-state index < -0.39 is 6.04 Å². The molecule has 126 valence electrons. The molecular formula is C18H20N2O3S. The van der Waals surface area contributed by atoms with E-state index in [0.29, 0.717) is 18.8 Å².